The summed E-state index contributed by atoms with van der Waals surface area (Å²) < 4.78 is 1.39. The summed E-state index contributed by atoms with van der Waals surface area (Å²) in [5.41, 5.74) is -0.179. The lowest BCUT2D eigenvalue weighted by Gasteiger charge is -2.06. The maximum Gasteiger partial charge on any atom is 0.294 e. The fraction of sp³-hybridized carbons (Fsp3) is 0.308. The van der Waals surface area contributed by atoms with E-state index in [0.717, 1.165) is 24.6 Å². The maximum atomic E-state index is 12.0. The number of nitrogen functional groups attached to an aromatic ring is 1. The molecule has 1 amide bonds. The zero-order valence-corrected chi connectivity index (χ0v) is 13.9. The third-order valence-electron chi connectivity index (χ3n) is 3.40. The summed E-state index contributed by atoms with van der Waals surface area (Å²) in [5.74, 6) is 6.55. The molecular weight excluding hydrogens is 356 g/mol. The third-order valence-corrected chi connectivity index (χ3v) is 4.57. The second-order valence-electron chi connectivity index (χ2n) is 5.24. The van der Waals surface area contributed by atoms with Crippen molar-refractivity contribution in [3.8, 4) is 0 Å². The fourth-order valence-electron chi connectivity index (χ4n) is 2.08. The first-order chi connectivity index (χ1) is 11.5. The Bertz CT molecular complexity index is 807. The summed E-state index contributed by atoms with van der Waals surface area (Å²) in [4.78, 5) is 22.4. The number of amides is 1. The largest absolute Gasteiger partial charge is 0.336 e. The first-order valence-electron chi connectivity index (χ1n) is 7.02. The summed E-state index contributed by atoms with van der Waals surface area (Å²) in [7, 11) is 0. The standard InChI is InChI=1S/C13H13ClN6O3S/c14-8-3-4-9(10(5-8)20(22)23)16-11(21)6-24-13-18-17-12(19(13)15)7-1-2-7/h3-5,7H,1-2,6,15H2,(H,16,21). The highest BCUT2D eigenvalue weighted by molar-refractivity contribution is 7.99. The highest BCUT2D eigenvalue weighted by Crippen LogP contribution is 2.39. The zero-order chi connectivity index (χ0) is 17.3. The van der Waals surface area contributed by atoms with E-state index in [0.29, 0.717) is 16.9 Å². The molecule has 2 aromatic rings. The molecule has 3 rings (SSSR count). The molecule has 0 atom stereocenters. The number of hydrogen-bond donors (Lipinski definition) is 2. The molecule has 1 aromatic heterocycles. The highest BCUT2D eigenvalue weighted by atomic mass is 35.5. The predicted octanol–water partition coefficient (Wildman–Crippen LogP) is 2.16. The van der Waals surface area contributed by atoms with Crippen molar-refractivity contribution in [3.63, 3.8) is 0 Å². The van der Waals surface area contributed by atoms with Gasteiger partial charge in [0.1, 0.15) is 5.69 Å². The Morgan fingerprint density at radius 2 is 2.25 bits per heavy atom. The average Bonchev–Trinajstić information content (AvgIpc) is 3.31. The number of benzene rings is 1. The molecular formula is C13H13ClN6O3S. The molecule has 1 heterocycles. The van der Waals surface area contributed by atoms with E-state index in [1.807, 2.05) is 0 Å². The number of nitrogens with one attached hydrogen (secondary N) is 1. The lowest BCUT2D eigenvalue weighted by atomic mass is 10.2. The summed E-state index contributed by atoms with van der Waals surface area (Å²) >= 11 is 6.85. The SMILES string of the molecule is Nn1c(SCC(=O)Nc2ccc(Cl)cc2[N+](=O)[O-])nnc1C1CC1. The number of thioether (sulfide) groups is 1. The smallest absolute Gasteiger partial charge is 0.294 e. The lowest BCUT2D eigenvalue weighted by molar-refractivity contribution is -0.383. The van der Waals surface area contributed by atoms with E-state index in [1.54, 1.807) is 0 Å². The number of anilines is 1. The van der Waals surface area contributed by atoms with Gasteiger partial charge >= 0.3 is 0 Å². The van der Waals surface area contributed by atoms with Gasteiger partial charge in [-0.3, -0.25) is 14.9 Å². The van der Waals surface area contributed by atoms with E-state index < -0.39 is 10.8 Å². The Labute approximate surface area is 145 Å². The van der Waals surface area contributed by atoms with Crippen LogP contribution >= 0.6 is 23.4 Å². The van der Waals surface area contributed by atoms with Crippen molar-refractivity contribution >= 4 is 40.6 Å². The molecule has 1 aliphatic carbocycles. The van der Waals surface area contributed by atoms with Crippen LogP contribution in [-0.4, -0.2) is 31.5 Å². The van der Waals surface area contributed by atoms with Crippen LogP contribution in [0, 0.1) is 10.1 Å². The van der Waals surface area contributed by atoms with E-state index in [-0.39, 0.29) is 22.2 Å². The van der Waals surface area contributed by atoms with Crippen molar-refractivity contribution in [1.29, 1.82) is 0 Å². The van der Waals surface area contributed by atoms with E-state index in [1.165, 1.54) is 22.9 Å². The molecule has 0 bridgehead atoms. The van der Waals surface area contributed by atoms with Crippen LogP contribution in [0.25, 0.3) is 0 Å². The molecule has 1 saturated carbocycles. The quantitative estimate of drug-likeness (QED) is 0.346. The Morgan fingerprint density at radius 1 is 1.50 bits per heavy atom. The topological polar surface area (TPSA) is 129 Å². The Morgan fingerprint density at radius 3 is 2.92 bits per heavy atom. The van der Waals surface area contributed by atoms with Crippen LogP contribution in [0.3, 0.4) is 0 Å². The van der Waals surface area contributed by atoms with Gasteiger partial charge in [0.2, 0.25) is 11.1 Å². The minimum absolute atomic E-state index is 0.000218. The number of hydrogen-bond acceptors (Lipinski definition) is 7. The van der Waals surface area contributed by atoms with E-state index >= 15 is 0 Å². The van der Waals surface area contributed by atoms with Crippen LogP contribution in [0.2, 0.25) is 5.02 Å². The second kappa shape index (κ2) is 6.65. The molecule has 0 saturated heterocycles. The van der Waals surface area contributed by atoms with Gasteiger partial charge in [-0.15, -0.1) is 10.2 Å². The number of aromatic nitrogens is 3. The van der Waals surface area contributed by atoms with Gasteiger partial charge in [0.25, 0.3) is 5.69 Å². The second-order valence-corrected chi connectivity index (χ2v) is 6.62. The van der Waals surface area contributed by atoms with E-state index in [4.69, 9.17) is 17.4 Å². The maximum absolute atomic E-state index is 12.0. The molecule has 0 aliphatic heterocycles. The van der Waals surface area contributed by atoms with Crippen molar-refractivity contribution in [2.45, 2.75) is 23.9 Å². The molecule has 1 aromatic carbocycles. The van der Waals surface area contributed by atoms with Gasteiger partial charge in [0.05, 0.1) is 10.7 Å². The van der Waals surface area contributed by atoms with Gasteiger partial charge in [-0.25, -0.2) is 4.68 Å². The minimum atomic E-state index is -0.604. The normalized spacial score (nSPS) is 13.7. The first-order valence-corrected chi connectivity index (χ1v) is 8.39. The number of nitro benzene ring substituents is 1. The number of rotatable bonds is 6. The Balaban J connectivity index is 1.63. The van der Waals surface area contributed by atoms with Crippen LogP contribution < -0.4 is 11.2 Å². The number of nitrogens with zero attached hydrogens (tertiary/aromatic N) is 4. The molecule has 1 aliphatic rings. The molecule has 24 heavy (non-hydrogen) atoms. The van der Waals surface area contributed by atoms with Gasteiger partial charge in [0, 0.05) is 17.0 Å². The number of nitro groups is 1. The molecule has 0 unspecified atom stereocenters. The van der Waals surface area contributed by atoms with Crippen LogP contribution in [0.15, 0.2) is 23.4 Å². The summed E-state index contributed by atoms with van der Waals surface area (Å²) in [6.45, 7) is 0. The molecule has 0 spiro atoms. The summed E-state index contributed by atoms with van der Waals surface area (Å²) in [6.07, 6.45) is 2.08. The van der Waals surface area contributed by atoms with Gasteiger partial charge in [-0.2, -0.15) is 0 Å². The molecule has 0 radical (unpaired) electrons. The monoisotopic (exact) mass is 368 g/mol. The van der Waals surface area contributed by atoms with Gasteiger partial charge in [0.15, 0.2) is 5.82 Å². The lowest BCUT2D eigenvalue weighted by Crippen LogP contribution is -2.17. The number of halogens is 1. The van der Waals surface area contributed by atoms with Gasteiger partial charge in [-0.05, 0) is 25.0 Å². The minimum Gasteiger partial charge on any atom is -0.336 e. The van der Waals surface area contributed by atoms with Crippen molar-refractivity contribution in [1.82, 2.24) is 14.9 Å². The van der Waals surface area contributed by atoms with Crippen molar-refractivity contribution in [2.75, 3.05) is 16.9 Å². The van der Waals surface area contributed by atoms with Crippen LogP contribution in [-0.2, 0) is 4.79 Å². The van der Waals surface area contributed by atoms with Crippen molar-refractivity contribution in [3.05, 3.63) is 39.2 Å². The van der Waals surface area contributed by atoms with Crippen LogP contribution in [0.4, 0.5) is 11.4 Å². The molecule has 1 fully saturated rings. The number of carbonyl (C=O) groups is 1. The van der Waals surface area contributed by atoms with Gasteiger partial charge < -0.3 is 11.2 Å². The molecule has 11 heteroatoms. The zero-order valence-electron chi connectivity index (χ0n) is 12.3. The number of nitrogens with two attached hydrogens (primary N) is 1. The summed E-state index contributed by atoms with van der Waals surface area (Å²) in [5, 5.41) is 22.1. The van der Waals surface area contributed by atoms with Crippen molar-refractivity contribution in [2.24, 2.45) is 0 Å². The number of carbonyl (C=O) groups excluding carboxylic acids is 1. The molecule has 9 nitrogen and oxygen atoms in total. The Hall–Kier alpha value is -2.33. The summed E-state index contributed by atoms with van der Waals surface area (Å²) in [6, 6.07) is 4.04. The van der Waals surface area contributed by atoms with Gasteiger partial charge in [-0.1, -0.05) is 23.4 Å². The molecule has 126 valence electrons. The van der Waals surface area contributed by atoms with Crippen LogP contribution in [0.5, 0.6) is 0 Å². The van der Waals surface area contributed by atoms with E-state index in [2.05, 4.69) is 15.5 Å². The van der Waals surface area contributed by atoms with Crippen LogP contribution in [0.1, 0.15) is 24.6 Å². The van der Waals surface area contributed by atoms with Crippen molar-refractivity contribution < 1.29 is 9.72 Å². The predicted molar refractivity (Wildman–Crippen MR) is 89.6 cm³/mol. The third kappa shape index (κ3) is 3.60. The first kappa shape index (κ1) is 16.5. The highest BCUT2D eigenvalue weighted by Gasteiger charge is 2.30. The van der Waals surface area contributed by atoms with E-state index in [9.17, 15) is 14.9 Å². The average molecular weight is 369 g/mol. The fourth-order valence-corrected chi connectivity index (χ4v) is 2.91. The molecule has 3 N–H and O–H groups in total. The Kier molecular flexibility index (Phi) is 4.58.